The van der Waals surface area contributed by atoms with Crippen molar-refractivity contribution in [1.29, 1.82) is 0 Å². The van der Waals surface area contributed by atoms with E-state index in [1.807, 2.05) is 0 Å². The minimum absolute atomic E-state index is 0.202. The standard InChI is InChI=1S/C9H18N2O2/c1-7(2)11(3)5-4-8-6-13-9(12)10-8/h7-8H,4-6H2,1-3H3,(H,10,12). The summed E-state index contributed by atoms with van der Waals surface area (Å²) in [6, 6.07) is 0.756. The number of carbonyl (C=O) groups is 1. The highest BCUT2D eigenvalue weighted by Crippen LogP contribution is 2.04. The summed E-state index contributed by atoms with van der Waals surface area (Å²) in [6.07, 6.45) is 0.678. The molecule has 1 aliphatic rings. The number of hydrogen-bond acceptors (Lipinski definition) is 3. The van der Waals surface area contributed by atoms with Gasteiger partial charge in [0.15, 0.2) is 0 Å². The van der Waals surface area contributed by atoms with Gasteiger partial charge in [-0.25, -0.2) is 4.79 Å². The van der Waals surface area contributed by atoms with Crippen LogP contribution in [0.5, 0.6) is 0 Å². The monoisotopic (exact) mass is 186 g/mol. The van der Waals surface area contributed by atoms with Crippen LogP contribution in [0.3, 0.4) is 0 Å². The van der Waals surface area contributed by atoms with E-state index in [4.69, 9.17) is 4.74 Å². The van der Waals surface area contributed by atoms with Crippen LogP contribution in [0, 0.1) is 0 Å². The van der Waals surface area contributed by atoms with Crippen molar-refractivity contribution in [2.24, 2.45) is 0 Å². The zero-order valence-corrected chi connectivity index (χ0v) is 8.54. The molecule has 0 spiro atoms. The lowest BCUT2D eigenvalue weighted by atomic mass is 10.2. The Bertz CT molecular complexity index is 182. The highest BCUT2D eigenvalue weighted by Gasteiger charge is 2.22. The molecule has 4 heteroatoms. The van der Waals surface area contributed by atoms with Crippen LogP contribution in [0.1, 0.15) is 20.3 Å². The number of alkyl carbamates (subject to hydrolysis) is 1. The summed E-state index contributed by atoms with van der Waals surface area (Å²) in [5.74, 6) is 0. The molecule has 1 fully saturated rings. The quantitative estimate of drug-likeness (QED) is 0.707. The van der Waals surface area contributed by atoms with E-state index in [9.17, 15) is 4.79 Å². The largest absolute Gasteiger partial charge is 0.447 e. The smallest absolute Gasteiger partial charge is 0.407 e. The summed E-state index contributed by atoms with van der Waals surface area (Å²) >= 11 is 0. The Balaban J connectivity index is 2.16. The molecule has 1 saturated heterocycles. The molecule has 0 aliphatic carbocycles. The predicted molar refractivity (Wildman–Crippen MR) is 50.7 cm³/mol. The van der Waals surface area contributed by atoms with Gasteiger partial charge in [0.1, 0.15) is 6.61 Å². The average Bonchev–Trinajstić information content (AvgIpc) is 2.47. The van der Waals surface area contributed by atoms with E-state index in [1.54, 1.807) is 0 Å². The van der Waals surface area contributed by atoms with E-state index < -0.39 is 0 Å². The Labute approximate surface area is 79.2 Å². The van der Waals surface area contributed by atoms with Crippen molar-refractivity contribution >= 4 is 6.09 Å². The van der Waals surface area contributed by atoms with Crippen molar-refractivity contribution in [3.8, 4) is 0 Å². The lowest BCUT2D eigenvalue weighted by Crippen LogP contribution is -2.34. The maximum Gasteiger partial charge on any atom is 0.407 e. The van der Waals surface area contributed by atoms with E-state index in [2.05, 4.69) is 31.1 Å². The summed E-state index contributed by atoms with van der Waals surface area (Å²) < 4.78 is 4.79. The maximum absolute atomic E-state index is 10.7. The lowest BCUT2D eigenvalue weighted by molar-refractivity contribution is 0.175. The molecule has 0 aromatic rings. The molecule has 1 unspecified atom stereocenters. The summed E-state index contributed by atoms with van der Waals surface area (Å²) in [5, 5.41) is 2.76. The normalized spacial score (nSPS) is 22.2. The molecule has 0 aromatic carbocycles. The second kappa shape index (κ2) is 4.46. The Morgan fingerprint density at radius 2 is 2.38 bits per heavy atom. The molecule has 1 N–H and O–H groups in total. The third kappa shape index (κ3) is 3.22. The van der Waals surface area contributed by atoms with Gasteiger partial charge in [-0.2, -0.15) is 0 Å². The SMILES string of the molecule is CC(C)N(C)CCC1COC(=O)N1. The van der Waals surface area contributed by atoms with Crippen LogP contribution < -0.4 is 5.32 Å². The Hall–Kier alpha value is -0.770. The van der Waals surface area contributed by atoms with Crippen molar-refractivity contribution in [3.63, 3.8) is 0 Å². The summed E-state index contributed by atoms with van der Waals surface area (Å²) in [5.41, 5.74) is 0. The van der Waals surface area contributed by atoms with Crippen LogP contribution in [0.15, 0.2) is 0 Å². The van der Waals surface area contributed by atoms with Crippen molar-refractivity contribution < 1.29 is 9.53 Å². The zero-order valence-electron chi connectivity index (χ0n) is 8.54. The molecule has 0 aromatic heterocycles. The van der Waals surface area contributed by atoms with E-state index in [1.165, 1.54) is 0 Å². The molecule has 0 radical (unpaired) electrons. The molecule has 13 heavy (non-hydrogen) atoms. The van der Waals surface area contributed by atoms with Crippen LogP contribution in [-0.2, 0) is 4.74 Å². The van der Waals surface area contributed by atoms with Crippen molar-refractivity contribution in [2.45, 2.75) is 32.4 Å². The first-order chi connectivity index (χ1) is 6.09. The highest BCUT2D eigenvalue weighted by molar-refractivity contribution is 5.69. The van der Waals surface area contributed by atoms with Gasteiger partial charge in [-0.15, -0.1) is 0 Å². The first-order valence-electron chi connectivity index (χ1n) is 4.73. The molecule has 76 valence electrons. The van der Waals surface area contributed by atoms with Crippen LogP contribution in [0.25, 0.3) is 0 Å². The van der Waals surface area contributed by atoms with Crippen molar-refractivity contribution in [3.05, 3.63) is 0 Å². The van der Waals surface area contributed by atoms with E-state index >= 15 is 0 Å². The fourth-order valence-electron chi connectivity index (χ4n) is 1.20. The minimum atomic E-state index is -0.280. The molecule has 0 bridgehead atoms. The van der Waals surface area contributed by atoms with Crippen LogP contribution in [0.2, 0.25) is 0 Å². The van der Waals surface area contributed by atoms with Gasteiger partial charge in [-0.05, 0) is 27.3 Å². The number of nitrogens with zero attached hydrogens (tertiary/aromatic N) is 1. The third-order valence-electron chi connectivity index (χ3n) is 2.45. The Morgan fingerprint density at radius 3 is 2.85 bits per heavy atom. The topological polar surface area (TPSA) is 41.6 Å². The molecule has 1 aliphatic heterocycles. The number of hydrogen-bond donors (Lipinski definition) is 1. The number of ether oxygens (including phenoxy) is 1. The number of cyclic esters (lactones) is 1. The van der Waals surface area contributed by atoms with Gasteiger partial charge in [0.05, 0.1) is 6.04 Å². The number of amides is 1. The molecule has 1 atom stereocenters. The van der Waals surface area contributed by atoms with Gasteiger partial charge >= 0.3 is 6.09 Å². The molecular weight excluding hydrogens is 168 g/mol. The molecule has 1 heterocycles. The van der Waals surface area contributed by atoms with Gasteiger partial charge in [-0.1, -0.05) is 0 Å². The van der Waals surface area contributed by atoms with Gasteiger partial charge in [0.2, 0.25) is 0 Å². The molecular formula is C9H18N2O2. The van der Waals surface area contributed by atoms with E-state index in [-0.39, 0.29) is 12.1 Å². The van der Waals surface area contributed by atoms with Gasteiger partial charge in [-0.3, -0.25) is 0 Å². The highest BCUT2D eigenvalue weighted by atomic mass is 16.6. The molecule has 1 rings (SSSR count). The van der Waals surface area contributed by atoms with E-state index in [0.717, 1.165) is 13.0 Å². The Kier molecular flexibility index (Phi) is 3.54. The van der Waals surface area contributed by atoms with Gasteiger partial charge in [0.25, 0.3) is 0 Å². The lowest BCUT2D eigenvalue weighted by Gasteiger charge is -2.21. The average molecular weight is 186 g/mol. The van der Waals surface area contributed by atoms with Crippen LogP contribution >= 0.6 is 0 Å². The van der Waals surface area contributed by atoms with Crippen LogP contribution in [0.4, 0.5) is 4.79 Å². The fourth-order valence-corrected chi connectivity index (χ4v) is 1.20. The Morgan fingerprint density at radius 1 is 1.69 bits per heavy atom. The summed E-state index contributed by atoms with van der Waals surface area (Å²) in [6.45, 7) is 5.82. The summed E-state index contributed by atoms with van der Waals surface area (Å²) in [4.78, 5) is 12.9. The second-order valence-electron chi connectivity index (χ2n) is 3.80. The first-order valence-corrected chi connectivity index (χ1v) is 4.73. The predicted octanol–water partition coefficient (Wildman–Crippen LogP) is 0.825. The minimum Gasteiger partial charge on any atom is -0.447 e. The third-order valence-corrected chi connectivity index (χ3v) is 2.45. The zero-order chi connectivity index (χ0) is 9.84. The van der Waals surface area contributed by atoms with E-state index in [0.29, 0.717) is 12.6 Å². The molecule has 1 amide bonds. The van der Waals surface area contributed by atoms with Crippen molar-refractivity contribution in [2.75, 3.05) is 20.2 Å². The fraction of sp³-hybridized carbons (Fsp3) is 0.889. The molecule has 0 saturated carbocycles. The van der Waals surface area contributed by atoms with Gasteiger partial charge in [0, 0.05) is 12.6 Å². The maximum atomic E-state index is 10.7. The summed E-state index contributed by atoms with van der Waals surface area (Å²) in [7, 11) is 2.09. The number of nitrogens with one attached hydrogen (secondary N) is 1. The second-order valence-corrected chi connectivity index (χ2v) is 3.80. The van der Waals surface area contributed by atoms with Gasteiger partial charge < -0.3 is 15.0 Å². The number of carbonyl (C=O) groups excluding carboxylic acids is 1. The van der Waals surface area contributed by atoms with Crippen molar-refractivity contribution in [1.82, 2.24) is 10.2 Å². The van der Waals surface area contributed by atoms with Crippen LogP contribution in [-0.4, -0.2) is 43.3 Å². The number of rotatable bonds is 4. The molecule has 4 nitrogen and oxygen atoms in total. The first kappa shape index (κ1) is 10.3.